The Labute approximate surface area is 144 Å². The Morgan fingerprint density at radius 3 is 2.88 bits per heavy atom. The molecule has 1 aliphatic rings. The lowest BCUT2D eigenvalue weighted by Crippen LogP contribution is -2.19. The Hall–Kier alpha value is -2.47. The molecule has 2 heterocycles. The molecule has 1 amide bonds. The van der Waals surface area contributed by atoms with Crippen molar-refractivity contribution in [3.8, 4) is 0 Å². The second-order valence-corrected chi connectivity index (χ2v) is 7.29. The molecule has 0 radical (unpaired) electrons. The standard InChI is InChI=1S/C18H18N4OS/c1-22(2)16-13(4-3-9-19-16)17(23)20-12-7-8-14-15(10-12)24-18(21-14)11-5-6-11/h3-4,7-11H,5-6H2,1-2H3,(H,20,23). The number of carbonyl (C=O) groups is 1. The van der Waals surface area contributed by atoms with Gasteiger partial charge in [-0.3, -0.25) is 4.79 Å². The van der Waals surface area contributed by atoms with E-state index in [4.69, 9.17) is 0 Å². The number of hydrogen-bond acceptors (Lipinski definition) is 5. The van der Waals surface area contributed by atoms with Gasteiger partial charge < -0.3 is 10.2 Å². The van der Waals surface area contributed by atoms with E-state index in [1.807, 2.05) is 37.2 Å². The fourth-order valence-corrected chi connectivity index (χ4v) is 3.83. The van der Waals surface area contributed by atoms with Gasteiger partial charge in [0, 0.05) is 31.9 Å². The van der Waals surface area contributed by atoms with Crippen molar-refractivity contribution in [2.75, 3.05) is 24.3 Å². The lowest BCUT2D eigenvalue weighted by molar-refractivity contribution is 0.102. The zero-order chi connectivity index (χ0) is 16.7. The zero-order valence-electron chi connectivity index (χ0n) is 13.6. The first kappa shape index (κ1) is 15.1. The van der Waals surface area contributed by atoms with Crippen LogP contribution in [0.5, 0.6) is 0 Å². The fourth-order valence-electron chi connectivity index (χ4n) is 2.65. The maximum Gasteiger partial charge on any atom is 0.259 e. The first-order valence-corrected chi connectivity index (χ1v) is 8.77. The molecule has 3 aromatic rings. The lowest BCUT2D eigenvalue weighted by atomic mass is 10.2. The summed E-state index contributed by atoms with van der Waals surface area (Å²) in [7, 11) is 3.75. The van der Waals surface area contributed by atoms with Gasteiger partial charge in [0.15, 0.2) is 0 Å². The van der Waals surface area contributed by atoms with E-state index >= 15 is 0 Å². The molecule has 2 aromatic heterocycles. The quantitative estimate of drug-likeness (QED) is 0.784. The van der Waals surface area contributed by atoms with Crippen LogP contribution in [0.2, 0.25) is 0 Å². The van der Waals surface area contributed by atoms with Crippen LogP contribution in [0, 0.1) is 0 Å². The molecular weight excluding hydrogens is 320 g/mol. The van der Waals surface area contributed by atoms with Gasteiger partial charge in [-0.2, -0.15) is 0 Å². The Morgan fingerprint density at radius 2 is 2.12 bits per heavy atom. The van der Waals surface area contributed by atoms with Crippen LogP contribution in [0.4, 0.5) is 11.5 Å². The molecule has 1 fully saturated rings. The number of thiazole rings is 1. The second kappa shape index (κ2) is 5.87. The second-order valence-electron chi connectivity index (χ2n) is 6.23. The van der Waals surface area contributed by atoms with Gasteiger partial charge >= 0.3 is 0 Å². The number of nitrogens with zero attached hydrogens (tertiary/aromatic N) is 3. The van der Waals surface area contributed by atoms with Gasteiger partial charge in [0.2, 0.25) is 0 Å². The molecule has 0 aliphatic heterocycles. The van der Waals surface area contributed by atoms with Crippen LogP contribution in [0.3, 0.4) is 0 Å². The Morgan fingerprint density at radius 1 is 1.29 bits per heavy atom. The average molecular weight is 338 g/mol. The van der Waals surface area contributed by atoms with Crippen LogP contribution in [0.15, 0.2) is 36.5 Å². The monoisotopic (exact) mass is 338 g/mol. The van der Waals surface area contributed by atoms with Crippen molar-refractivity contribution in [3.63, 3.8) is 0 Å². The smallest absolute Gasteiger partial charge is 0.259 e. The summed E-state index contributed by atoms with van der Waals surface area (Å²) in [6, 6.07) is 9.44. The summed E-state index contributed by atoms with van der Waals surface area (Å²) in [6.45, 7) is 0. The molecule has 0 unspecified atom stereocenters. The molecule has 6 heteroatoms. The van der Waals surface area contributed by atoms with Crippen LogP contribution in [-0.2, 0) is 0 Å². The minimum absolute atomic E-state index is 0.155. The number of amides is 1. The highest BCUT2D eigenvalue weighted by Crippen LogP contribution is 2.43. The SMILES string of the molecule is CN(C)c1ncccc1C(=O)Nc1ccc2nc(C3CC3)sc2c1. The summed E-state index contributed by atoms with van der Waals surface area (Å²) in [4.78, 5) is 23.4. The maximum atomic E-state index is 12.6. The molecule has 0 atom stereocenters. The number of pyridine rings is 1. The molecule has 1 aromatic carbocycles. The van der Waals surface area contributed by atoms with E-state index in [0.29, 0.717) is 17.3 Å². The van der Waals surface area contributed by atoms with Gasteiger partial charge in [0.05, 0.1) is 20.8 Å². The number of hydrogen-bond donors (Lipinski definition) is 1. The topological polar surface area (TPSA) is 58.1 Å². The van der Waals surface area contributed by atoms with E-state index in [2.05, 4.69) is 15.3 Å². The third-order valence-corrected chi connectivity index (χ3v) is 5.23. The normalized spacial score (nSPS) is 13.9. The van der Waals surface area contributed by atoms with Crippen LogP contribution < -0.4 is 10.2 Å². The van der Waals surface area contributed by atoms with Crippen LogP contribution in [-0.4, -0.2) is 30.0 Å². The molecule has 0 bridgehead atoms. The van der Waals surface area contributed by atoms with Crippen molar-refractivity contribution >= 4 is 39.0 Å². The lowest BCUT2D eigenvalue weighted by Gasteiger charge is -2.15. The number of benzene rings is 1. The third kappa shape index (κ3) is 2.85. The summed E-state index contributed by atoms with van der Waals surface area (Å²) in [5.41, 5.74) is 2.35. The fraction of sp³-hybridized carbons (Fsp3) is 0.278. The van der Waals surface area contributed by atoms with Crippen LogP contribution >= 0.6 is 11.3 Å². The Bertz CT molecular complexity index is 914. The van der Waals surface area contributed by atoms with Crippen molar-refractivity contribution in [2.24, 2.45) is 0 Å². The van der Waals surface area contributed by atoms with E-state index in [0.717, 1.165) is 15.9 Å². The molecule has 5 nitrogen and oxygen atoms in total. The van der Waals surface area contributed by atoms with Crippen molar-refractivity contribution in [1.29, 1.82) is 0 Å². The first-order chi connectivity index (χ1) is 11.6. The summed E-state index contributed by atoms with van der Waals surface area (Å²) < 4.78 is 1.12. The highest BCUT2D eigenvalue weighted by atomic mass is 32.1. The van der Waals surface area contributed by atoms with Crippen LogP contribution in [0.25, 0.3) is 10.2 Å². The predicted molar refractivity (Wildman–Crippen MR) is 98.1 cm³/mol. The molecule has 1 saturated carbocycles. The van der Waals surface area contributed by atoms with Crippen molar-refractivity contribution in [2.45, 2.75) is 18.8 Å². The van der Waals surface area contributed by atoms with E-state index in [1.165, 1.54) is 17.8 Å². The summed E-state index contributed by atoms with van der Waals surface area (Å²) in [5.74, 6) is 1.15. The van der Waals surface area contributed by atoms with E-state index in [9.17, 15) is 4.79 Å². The van der Waals surface area contributed by atoms with E-state index in [1.54, 1.807) is 29.7 Å². The molecule has 1 N–H and O–H groups in total. The maximum absolute atomic E-state index is 12.6. The Balaban J connectivity index is 1.60. The highest BCUT2D eigenvalue weighted by Gasteiger charge is 2.27. The molecular formula is C18H18N4OS. The zero-order valence-corrected chi connectivity index (χ0v) is 14.4. The minimum Gasteiger partial charge on any atom is -0.362 e. The first-order valence-electron chi connectivity index (χ1n) is 7.96. The minimum atomic E-state index is -0.155. The molecule has 0 saturated heterocycles. The molecule has 4 rings (SSSR count). The van der Waals surface area contributed by atoms with Crippen molar-refractivity contribution < 1.29 is 4.79 Å². The molecule has 0 spiro atoms. The van der Waals surface area contributed by atoms with Gasteiger partial charge in [-0.15, -0.1) is 11.3 Å². The van der Waals surface area contributed by atoms with Gasteiger partial charge in [-0.05, 0) is 43.2 Å². The number of carbonyl (C=O) groups excluding carboxylic acids is 1. The molecule has 1 aliphatic carbocycles. The van der Waals surface area contributed by atoms with Crippen molar-refractivity contribution in [3.05, 3.63) is 47.1 Å². The predicted octanol–water partition coefficient (Wildman–Crippen LogP) is 3.89. The summed E-state index contributed by atoms with van der Waals surface area (Å²) in [6.07, 6.45) is 4.18. The summed E-state index contributed by atoms with van der Waals surface area (Å²) >= 11 is 1.73. The number of anilines is 2. The third-order valence-electron chi connectivity index (χ3n) is 4.04. The average Bonchev–Trinajstić information content (AvgIpc) is 3.34. The van der Waals surface area contributed by atoms with Gasteiger partial charge in [0.25, 0.3) is 5.91 Å². The van der Waals surface area contributed by atoms with Crippen LogP contribution in [0.1, 0.15) is 34.1 Å². The highest BCUT2D eigenvalue weighted by molar-refractivity contribution is 7.18. The van der Waals surface area contributed by atoms with Gasteiger partial charge in [0.1, 0.15) is 5.82 Å². The summed E-state index contributed by atoms with van der Waals surface area (Å²) in [5, 5.41) is 4.19. The van der Waals surface area contributed by atoms with E-state index < -0.39 is 0 Å². The number of rotatable bonds is 4. The molecule has 122 valence electrons. The number of aromatic nitrogens is 2. The van der Waals surface area contributed by atoms with E-state index in [-0.39, 0.29) is 5.91 Å². The molecule has 24 heavy (non-hydrogen) atoms. The number of nitrogens with one attached hydrogen (secondary N) is 1. The van der Waals surface area contributed by atoms with Gasteiger partial charge in [-0.1, -0.05) is 0 Å². The van der Waals surface area contributed by atoms with Crippen molar-refractivity contribution in [1.82, 2.24) is 9.97 Å². The van der Waals surface area contributed by atoms with Gasteiger partial charge in [-0.25, -0.2) is 9.97 Å². The Kier molecular flexibility index (Phi) is 3.69. The largest absolute Gasteiger partial charge is 0.362 e. The number of fused-ring (bicyclic) bond motifs is 1.